The summed E-state index contributed by atoms with van der Waals surface area (Å²) in [4.78, 5) is 38.8. The van der Waals surface area contributed by atoms with E-state index in [2.05, 4.69) is 16.0 Å². The summed E-state index contributed by atoms with van der Waals surface area (Å²) in [6, 6.07) is 1.21. The van der Waals surface area contributed by atoms with Crippen LogP contribution < -0.4 is 16.0 Å². The van der Waals surface area contributed by atoms with Crippen molar-refractivity contribution >= 4 is 23.5 Å². The van der Waals surface area contributed by atoms with Gasteiger partial charge in [-0.1, -0.05) is 12.8 Å². The van der Waals surface area contributed by atoms with E-state index in [1.165, 1.54) is 12.8 Å². The van der Waals surface area contributed by atoms with E-state index in [0.717, 1.165) is 25.9 Å². The highest BCUT2D eigenvalue weighted by Crippen LogP contribution is 2.25. The zero-order chi connectivity index (χ0) is 19.4. The van der Waals surface area contributed by atoms with Crippen molar-refractivity contribution < 1.29 is 14.4 Å². The van der Waals surface area contributed by atoms with Gasteiger partial charge in [-0.25, -0.2) is 4.79 Å². The number of hydrogen-bond donors (Lipinski definition) is 3. The average molecular weight is 375 g/mol. The van der Waals surface area contributed by atoms with Crippen molar-refractivity contribution in [3.63, 3.8) is 0 Å². The minimum atomic E-state index is -0.314. The fourth-order valence-corrected chi connectivity index (χ4v) is 3.68. The van der Waals surface area contributed by atoms with Crippen LogP contribution in [0.4, 0.5) is 10.5 Å². The van der Waals surface area contributed by atoms with Gasteiger partial charge >= 0.3 is 6.03 Å². The Hall–Kier alpha value is -2.51. The molecule has 1 unspecified atom stereocenters. The molecular formula is C19H29N5O3. The van der Waals surface area contributed by atoms with E-state index in [4.69, 9.17) is 0 Å². The molecule has 0 radical (unpaired) electrons. The number of aromatic nitrogens is 1. The third-order valence-electron chi connectivity index (χ3n) is 5.02. The first-order valence-electron chi connectivity index (χ1n) is 9.79. The monoisotopic (exact) mass is 375 g/mol. The molecule has 1 aromatic rings. The van der Waals surface area contributed by atoms with Crippen LogP contribution in [0.25, 0.3) is 0 Å². The number of likely N-dealkylation sites (tertiary alicyclic amines) is 1. The Bertz CT molecular complexity index is 704. The van der Waals surface area contributed by atoms with Crippen LogP contribution in [0.2, 0.25) is 0 Å². The first kappa shape index (κ1) is 19.3. The predicted molar refractivity (Wildman–Crippen MR) is 103 cm³/mol. The Labute approximate surface area is 159 Å². The summed E-state index contributed by atoms with van der Waals surface area (Å²) in [5.41, 5.74) is 1.02. The van der Waals surface area contributed by atoms with Crippen molar-refractivity contribution in [2.45, 2.75) is 58.0 Å². The van der Waals surface area contributed by atoms with Crippen LogP contribution in [0, 0.1) is 0 Å². The molecule has 4 amide bonds. The molecule has 0 bridgehead atoms. The fraction of sp³-hybridized carbons (Fsp3) is 0.632. The van der Waals surface area contributed by atoms with E-state index in [1.54, 1.807) is 12.3 Å². The molecule has 2 aliphatic rings. The summed E-state index contributed by atoms with van der Waals surface area (Å²) in [6.07, 6.45) is 6.56. The van der Waals surface area contributed by atoms with E-state index in [0.29, 0.717) is 24.3 Å². The minimum absolute atomic E-state index is 0.0181. The number of urea groups is 1. The van der Waals surface area contributed by atoms with E-state index >= 15 is 0 Å². The smallest absolute Gasteiger partial charge is 0.319 e. The predicted octanol–water partition coefficient (Wildman–Crippen LogP) is 2.10. The SMILES string of the molecule is CC(C)NC(=O)Nc1cc2n(c1)C(CC(=O)N1CCCCCC1)CNC2=O. The summed E-state index contributed by atoms with van der Waals surface area (Å²) in [6.45, 7) is 5.81. The Morgan fingerprint density at radius 3 is 2.59 bits per heavy atom. The molecule has 1 atom stereocenters. The molecule has 0 aliphatic carbocycles. The second-order valence-corrected chi connectivity index (χ2v) is 7.64. The van der Waals surface area contributed by atoms with Crippen molar-refractivity contribution in [2.24, 2.45) is 0 Å². The lowest BCUT2D eigenvalue weighted by Crippen LogP contribution is -2.41. The molecule has 1 fully saturated rings. The quantitative estimate of drug-likeness (QED) is 0.752. The van der Waals surface area contributed by atoms with Crippen LogP contribution in [0.3, 0.4) is 0 Å². The van der Waals surface area contributed by atoms with Crippen LogP contribution in [0.5, 0.6) is 0 Å². The second-order valence-electron chi connectivity index (χ2n) is 7.64. The molecule has 2 aliphatic heterocycles. The molecular weight excluding hydrogens is 346 g/mol. The maximum Gasteiger partial charge on any atom is 0.319 e. The van der Waals surface area contributed by atoms with Gasteiger partial charge in [0, 0.05) is 38.3 Å². The van der Waals surface area contributed by atoms with E-state index in [-0.39, 0.29) is 29.9 Å². The molecule has 3 rings (SSSR count). The van der Waals surface area contributed by atoms with E-state index < -0.39 is 0 Å². The fourth-order valence-electron chi connectivity index (χ4n) is 3.68. The summed E-state index contributed by atoms with van der Waals surface area (Å²) in [7, 11) is 0. The first-order valence-corrected chi connectivity index (χ1v) is 9.79. The molecule has 0 spiro atoms. The molecule has 3 N–H and O–H groups in total. The zero-order valence-electron chi connectivity index (χ0n) is 16.1. The van der Waals surface area contributed by atoms with Crippen LogP contribution in [-0.4, -0.2) is 53.0 Å². The molecule has 0 aromatic carbocycles. The van der Waals surface area contributed by atoms with E-state index in [1.807, 2.05) is 23.3 Å². The van der Waals surface area contributed by atoms with Gasteiger partial charge in [-0.3, -0.25) is 9.59 Å². The number of rotatable bonds is 4. The summed E-state index contributed by atoms with van der Waals surface area (Å²) >= 11 is 0. The lowest BCUT2D eigenvalue weighted by Gasteiger charge is -2.28. The highest BCUT2D eigenvalue weighted by atomic mass is 16.2. The number of carbonyl (C=O) groups excluding carboxylic acids is 3. The highest BCUT2D eigenvalue weighted by molar-refractivity contribution is 5.97. The van der Waals surface area contributed by atoms with Gasteiger partial charge in [0.15, 0.2) is 0 Å². The lowest BCUT2D eigenvalue weighted by atomic mass is 10.1. The van der Waals surface area contributed by atoms with Gasteiger partial charge in [-0.2, -0.15) is 0 Å². The summed E-state index contributed by atoms with van der Waals surface area (Å²) < 4.78 is 1.82. The molecule has 8 heteroatoms. The number of anilines is 1. The van der Waals surface area contributed by atoms with Crippen LogP contribution in [-0.2, 0) is 4.79 Å². The standard InChI is InChI=1S/C19H29N5O3/c1-13(2)21-19(27)22-14-9-16-18(26)20-11-15(24(16)12-14)10-17(25)23-7-5-3-4-6-8-23/h9,12-13,15H,3-8,10-11H2,1-2H3,(H,20,26)(H2,21,22,27). The average Bonchev–Trinajstić information content (AvgIpc) is 2.84. The Morgan fingerprint density at radius 1 is 1.22 bits per heavy atom. The third kappa shape index (κ3) is 4.81. The van der Waals surface area contributed by atoms with Crippen molar-refractivity contribution in [3.05, 3.63) is 18.0 Å². The number of nitrogens with zero attached hydrogens (tertiary/aromatic N) is 2. The molecule has 0 saturated carbocycles. The number of amides is 4. The zero-order valence-corrected chi connectivity index (χ0v) is 16.1. The van der Waals surface area contributed by atoms with Crippen molar-refractivity contribution in [1.82, 2.24) is 20.1 Å². The molecule has 148 valence electrons. The third-order valence-corrected chi connectivity index (χ3v) is 5.02. The van der Waals surface area contributed by atoms with Crippen LogP contribution in [0.15, 0.2) is 12.3 Å². The topological polar surface area (TPSA) is 95.5 Å². The van der Waals surface area contributed by atoms with Gasteiger partial charge in [0.1, 0.15) is 5.69 Å². The van der Waals surface area contributed by atoms with Gasteiger partial charge in [0.2, 0.25) is 5.91 Å². The van der Waals surface area contributed by atoms with Crippen molar-refractivity contribution in [3.8, 4) is 0 Å². The van der Waals surface area contributed by atoms with E-state index in [9.17, 15) is 14.4 Å². The van der Waals surface area contributed by atoms with Crippen molar-refractivity contribution in [1.29, 1.82) is 0 Å². The molecule has 8 nitrogen and oxygen atoms in total. The maximum absolute atomic E-state index is 12.7. The molecule has 1 saturated heterocycles. The first-order chi connectivity index (χ1) is 12.9. The van der Waals surface area contributed by atoms with Gasteiger partial charge in [-0.15, -0.1) is 0 Å². The minimum Gasteiger partial charge on any atom is -0.349 e. The number of carbonyl (C=O) groups is 3. The van der Waals surface area contributed by atoms with Gasteiger partial charge in [0.25, 0.3) is 5.91 Å². The van der Waals surface area contributed by atoms with Crippen LogP contribution >= 0.6 is 0 Å². The second kappa shape index (κ2) is 8.45. The Morgan fingerprint density at radius 2 is 1.93 bits per heavy atom. The number of fused-ring (bicyclic) bond motifs is 1. The van der Waals surface area contributed by atoms with Crippen molar-refractivity contribution in [2.75, 3.05) is 25.0 Å². The highest BCUT2D eigenvalue weighted by Gasteiger charge is 2.29. The Balaban J connectivity index is 1.70. The lowest BCUT2D eigenvalue weighted by molar-refractivity contribution is -0.132. The maximum atomic E-state index is 12.7. The molecule has 3 heterocycles. The van der Waals surface area contributed by atoms with Gasteiger partial charge in [0.05, 0.1) is 11.7 Å². The molecule has 1 aromatic heterocycles. The number of hydrogen-bond acceptors (Lipinski definition) is 3. The molecule has 27 heavy (non-hydrogen) atoms. The van der Waals surface area contributed by atoms with Gasteiger partial charge in [-0.05, 0) is 32.8 Å². The van der Waals surface area contributed by atoms with Crippen LogP contribution in [0.1, 0.15) is 62.5 Å². The number of nitrogens with one attached hydrogen (secondary N) is 3. The summed E-state index contributed by atoms with van der Waals surface area (Å²) in [5.74, 6) is -0.0597. The normalized spacial score (nSPS) is 19.9. The largest absolute Gasteiger partial charge is 0.349 e. The summed E-state index contributed by atoms with van der Waals surface area (Å²) in [5, 5.41) is 8.35. The Kier molecular flexibility index (Phi) is 6.03. The van der Waals surface area contributed by atoms with Gasteiger partial charge < -0.3 is 25.4 Å².